The van der Waals surface area contributed by atoms with Crippen molar-refractivity contribution < 1.29 is 9.53 Å². The summed E-state index contributed by atoms with van der Waals surface area (Å²) >= 11 is 1.79. The number of benzene rings is 1. The molecule has 2 heterocycles. The molecule has 0 spiro atoms. The van der Waals surface area contributed by atoms with Crippen LogP contribution >= 0.6 is 11.3 Å². The molecule has 6 heteroatoms. The maximum atomic E-state index is 12.3. The third-order valence-corrected chi connectivity index (χ3v) is 5.08. The Kier molecular flexibility index (Phi) is 5.72. The van der Waals surface area contributed by atoms with Crippen molar-refractivity contribution in [1.82, 2.24) is 15.1 Å². The molecule has 2 amide bonds. The van der Waals surface area contributed by atoms with Crippen LogP contribution in [0.4, 0.5) is 4.79 Å². The molecule has 1 saturated heterocycles. The van der Waals surface area contributed by atoms with Crippen molar-refractivity contribution in [3.63, 3.8) is 0 Å². The Morgan fingerprint density at radius 3 is 2.54 bits per heavy atom. The molecule has 1 N–H and O–H groups in total. The Morgan fingerprint density at radius 1 is 1.17 bits per heavy atom. The molecule has 24 heavy (non-hydrogen) atoms. The van der Waals surface area contributed by atoms with E-state index in [0.29, 0.717) is 6.54 Å². The third kappa shape index (κ3) is 4.49. The van der Waals surface area contributed by atoms with Gasteiger partial charge in [-0.1, -0.05) is 18.2 Å². The monoisotopic (exact) mass is 345 g/mol. The predicted octanol–water partition coefficient (Wildman–Crippen LogP) is 2.78. The van der Waals surface area contributed by atoms with Gasteiger partial charge in [0.25, 0.3) is 0 Å². The number of hydrogen-bond acceptors (Lipinski definition) is 4. The van der Waals surface area contributed by atoms with Crippen LogP contribution in [-0.2, 0) is 13.1 Å². The van der Waals surface area contributed by atoms with E-state index < -0.39 is 0 Å². The van der Waals surface area contributed by atoms with Crippen molar-refractivity contribution in [2.75, 3.05) is 33.3 Å². The molecule has 0 atom stereocenters. The Balaban J connectivity index is 1.41. The lowest BCUT2D eigenvalue weighted by atomic mass is 10.2. The molecule has 1 fully saturated rings. The first-order valence-electron chi connectivity index (χ1n) is 8.15. The van der Waals surface area contributed by atoms with Crippen LogP contribution in [0, 0.1) is 0 Å². The molecule has 0 unspecified atom stereocenters. The van der Waals surface area contributed by atoms with E-state index in [2.05, 4.69) is 27.7 Å². The van der Waals surface area contributed by atoms with Gasteiger partial charge in [-0.25, -0.2) is 4.79 Å². The molecule has 0 saturated carbocycles. The largest absolute Gasteiger partial charge is 0.497 e. The van der Waals surface area contributed by atoms with Gasteiger partial charge in [0.15, 0.2) is 0 Å². The lowest BCUT2D eigenvalue weighted by molar-refractivity contribution is 0.135. The van der Waals surface area contributed by atoms with E-state index in [-0.39, 0.29) is 6.03 Å². The van der Waals surface area contributed by atoms with Gasteiger partial charge >= 0.3 is 6.03 Å². The molecule has 0 aliphatic carbocycles. The van der Waals surface area contributed by atoms with Crippen molar-refractivity contribution in [1.29, 1.82) is 0 Å². The summed E-state index contributed by atoms with van der Waals surface area (Å²) in [6, 6.07) is 12.0. The number of nitrogens with zero attached hydrogens (tertiary/aromatic N) is 2. The van der Waals surface area contributed by atoms with Gasteiger partial charge < -0.3 is 15.0 Å². The molecule has 0 radical (unpaired) electrons. The van der Waals surface area contributed by atoms with Gasteiger partial charge in [0.2, 0.25) is 0 Å². The Morgan fingerprint density at radius 2 is 1.92 bits per heavy atom. The van der Waals surface area contributed by atoms with Gasteiger partial charge in [0.1, 0.15) is 5.75 Å². The predicted molar refractivity (Wildman–Crippen MR) is 96.4 cm³/mol. The Hall–Kier alpha value is -2.05. The van der Waals surface area contributed by atoms with Gasteiger partial charge in [0.05, 0.1) is 7.11 Å². The summed E-state index contributed by atoms with van der Waals surface area (Å²) in [5.41, 5.74) is 1.07. The number of thiophene rings is 1. The minimum atomic E-state index is 0.0154. The van der Waals surface area contributed by atoms with Gasteiger partial charge in [-0.15, -0.1) is 11.3 Å². The number of methoxy groups -OCH3 is 1. The van der Waals surface area contributed by atoms with Gasteiger partial charge in [-0.3, -0.25) is 4.90 Å². The second-order valence-electron chi connectivity index (χ2n) is 5.85. The van der Waals surface area contributed by atoms with Gasteiger partial charge in [-0.2, -0.15) is 0 Å². The van der Waals surface area contributed by atoms with Crippen LogP contribution in [0.1, 0.15) is 10.4 Å². The molecule has 0 bridgehead atoms. The fourth-order valence-corrected chi connectivity index (χ4v) is 3.51. The fourth-order valence-electron chi connectivity index (χ4n) is 2.76. The van der Waals surface area contributed by atoms with Crippen LogP contribution in [0.2, 0.25) is 0 Å². The van der Waals surface area contributed by atoms with Crippen molar-refractivity contribution in [3.8, 4) is 5.75 Å². The smallest absolute Gasteiger partial charge is 0.317 e. The Labute approximate surface area is 146 Å². The first-order chi connectivity index (χ1) is 11.7. The number of nitrogens with one attached hydrogen (secondary N) is 1. The third-order valence-electron chi connectivity index (χ3n) is 4.22. The van der Waals surface area contributed by atoms with Crippen LogP contribution in [-0.4, -0.2) is 49.1 Å². The summed E-state index contributed by atoms with van der Waals surface area (Å²) in [4.78, 5) is 18.0. The summed E-state index contributed by atoms with van der Waals surface area (Å²) in [6.45, 7) is 4.93. The summed E-state index contributed by atoms with van der Waals surface area (Å²) < 4.78 is 5.14. The number of ether oxygens (including phenoxy) is 1. The fraction of sp³-hybridized carbons (Fsp3) is 0.389. The number of urea groups is 1. The molecule has 128 valence electrons. The van der Waals surface area contributed by atoms with Crippen LogP contribution < -0.4 is 10.1 Å². The normalized spacial score (nSPS) is 15.3. The second-order valence-corrected chi connectivity index (χ2v) is 6.88. The first-order valence-corrected chi connectivity index (χ1v) is 9.03. The van der Waals surface area contributed by atoms with Crippen molar-refractivity contribution in [3.05, 3.63) is 52.2 Å². The molecule has 1 aromatic heterocycles. The van der Waals surface area contributed by atoms with E-state index in [1.54, 1.807) is 18.4 Å². The van der Waals surface area contributed by atoms with Gasteiger partial charge in [0, 0.05) is 44.1 Å². The summed E-state index contributed by atoms with van der Waals surface area (Å²) in [5, 5.41) is 5.11. The van der Waals surface area contributed by atoms with Crippen LogP contribution in [0.3, 0.4) is 0 Å². The van der Waals surface area contributed by atoms with E-state index >= 15 is 0 Å². The number of piperazine rings is 1. The van der Waals surface area contributed by atoms with Gasteiger partial charge in [-0.05, 0) is 29.1 Å². The maximum Gasteiger partial charge on any atom is 0.317 e. The highest BCUT2D eigenvalue weighted by molar-refractivity contribution is 7.09. The molecule has 3 rings (SSSR count). The zero-order chi connectivity index (χ0) is 16.8. The summed E-state index contributed by atoms with van der Waals surface area (Å²) in [5.74, 6) is 0.826. The quantitative estimate of drug-likeness (QED) is 0.906. The standard InChI is InChI=1S/C18H23N3O2S/c1-23-16-6-4-15(5-7-16)13-19-18(22)21-10-8-20(9-11-21)14-17-3-2-12-24-17/h2-7,12H,8-11,13-14H2,1H3,(H,19,22). The number of hydrogen-bond donors (Lipinski definition) is 1. The molecule has 1 aliphatic heterocycles. The highest BCUT2D eigenvalue weighted by Crippen LogP contribution is 2.14. The van der Waals surface area contributed by atoms with E-state index in [1.807, 2.05) is 29.2 Å². The molecule has 2 aromatic rings. The van der Waals surface area contributed by atoms with Crippen LogP contribution in [0.25, 0.3) is 0 Å². The average molecular weight is 345 g/mol. The highest BCUT2D eigenvalue weighted by atomic mass is 32.1. The molecule has 1 aliphatic rings. The lowest BCUT2D eigenvalue weighted by Crippen LogP contribution is -2.51. The number of amides is 2. The van der Waals surface area contributed by atoms with E-state index in [9.17, 15) is 4.79 Å². The van der Waals surface area contributed by atoms with E-state index in [0.717, 1.165) is 44.0 Å². The first kappa shape index (κ1) is 16.8. The zero-order valence-electron chi connectivity index (χ0n) is 13.9. The maximum absolute atomic E-state index is 12.3. The molecular formula is C18H23N3O2S. The topological polar surface area (TPSA) is 44.8 Å². The summed E-state index contributed by atoms with van der Waals surface area (Å²) in [7, 11) is 1.65. The number of carbonyl (C=O) groups excluding carboxylic acids is 1. The zero-order valence-corrected chi connectivity index (χ0v) is 14.7. The van der Waals surface area contributed by atoms with E-state index in [1.165, 1.54) is 4.88 Å². The number of carbonyl (C=O) groups is 1. The molecular weight excluding hydrogens is 322 g/mol. The second kappa shape index (κ2) is 8.17. The summed E-state index contributed by atoms with van der Waals surface area (Å²) in [6.07, 6.45) is 0. The average Bonchev–Trinajstić information content (AvgIpc) is 3.14. The van der Waals surface area contributed by atoms with Crippen LogP contribution in [0.15, 0.2) is 41.8 Å². The molecule has 1 aromatic carbocycles. The van der Waals surface area contributed by atoms with E-state index in [4.69, 9.17) is 4.74 Å². The van der Waals surface area contributed by atoms with Crippen molar-refractivity contribution in [2.24, 2.45) is 0 Å². The Bertz CT molecular complexity index is 635. The highest BCUT2D eigenvalue weighted by Gasteiger charge is 2.20. The van der Waals surface area contributed by atoms with Crippen molar-refractivity contribution >= 4 is 17.4 Å². The van der Waals surface area contributed by atoms with Crippen LogP contribution in [0.5, 0.6) is 5.75 Å². The van der Waals surface area contributed by atoms with Crippen molar-refractivity contribution in [2.45, 2.75) is 13.1 Å². The number of rotatable bonds is 5. The molecule has 5 nitrogen and oxygen atoms in total. The minimum Gasteiger partial charge on any atom is -0.497 e. The lowest BCUT2D eigenvalue weighted by Gasteiger charge is -2.34. The minimum absolute atomic E-state index is 0.0154. The SMILES string of the molecule is COc1ccc(CNC(=O)N2CCN(Cc3cccs3)CC2)cc1.